The molecule has 4 rings (SSSR count). The molecular weight excluding hydrogens is 384 g/mol. The third-order valence-corrected chi connectivity index (χ3v) is 5.97. The van der Waals surface area contributed by atoms with E-state index in [4.69, 9.17) is 4.74 Å². The molecule has 1 aromatic heterocycles. The molecule has 3 aromatic rings. The Hall–Kier alpha value is -2.80. The van der Waals surface area contributed by atoms with Gasteiger partial charge in [-0.15, -0.1) is 10.2 Å². The van der Waals surface area contributed by atoms with Gasteiger partial charge >= 0.3 is 0 Å². The molecule has 1 unspecified atom stereocenters. The molecule has 6 nitrogen and oxygen atoms in total. The number of rotatable bonds is 8. The zero-order chi connectivity index (χ0) is 20.2. The van der Waals surface area contributed by atoms with Crippen molar-refractivity contribution < 1.29 is 9.53 Å². The Morgan fingerprint density at radius 1 is 1.17 bits per heavy atom. The first kappa shape index (κ1) is 19.5. The molecule has 150 valence electrons. The van der Waals surface area contributed by atoms with E-state index in [1.807, 2.05) is 49.4 Å². The molecule has 29 heavy (non-hydrogen) atoms. The van der Waals surface area contributed by atoms with E-state index in [2.05, 4.69) is 32.2 Å². The standard InChI is InChI=1S/C22H24N4O2S/c1-15(21(27)23-18-10-6-7-11-19(18)28-2)29-22-25-24-20(17-12-13-17)26(22)14-16-8-4-3-5-9-16/h3-11,15,17H,12-14H2,1-2H3,(H,23,27). The molecule has 1 N–H and O–H groups in total. The number of nitrogens with one attached hydrogen (secondary N) is 1. The fourth-order valence-corrected chi connectivity index (χ4v) is 3.99. The molecule has 2 aromatic carbocycles. The summed E-state index contributed by atoms with van der Waals surface area (Å²) in [4.78, 5) is 12.8. The van der Waals surface area contributed by atoms with Crippen LogP contribution in [-0.4, -0.2) is 33.0 Å². The van der Waals surface area contributed by atoms with Crippen LogP contribution in [0.3, 0.4) is 0 Å². The van der Waals surface area contributed by atoms with E-state index in [1.54, 1.807) is 7.11 Å². The van der Waals surface area contributed by atoms with E-state index in [0.29, 0.717) is 23.9 Å². The van der Waals surface area contributed by atoms with Gasteiger partial charge in [0.15, 0.2) is 5.16 Å². The second-order valence-corrected chi connectivity index (χ2v) is 8.44. The summed E-state index contributed by atoms with van der Waals surface area (Å²) in [5.74, 6) is 2.05. The predicted octanol–water partition coefficient (Wildman–Crippen LogP) is 4.33. The number of ether oxygens (including phenoxy) is 1. The number of anilines is 1. The minimum Gasteiger partial charge on any atom is -0.495 e. The lowest BCUT2D eigenvalue weighted by atomic mass is 10.2. The highest BCUT2D eigenvalue weighted by molar-refractivity contribution is 8.00. The maximum Gasteiger partial charge on any atom is 0.237 e. The highest BCUT2D eigenvalue weighted by Gasteiger charge is 2.31. The third-order valence-electron chi connectivity index (χ3n) is 4.89. The Morgan fingerprint density at radius 3 is 2.62 bits per heavy atom. The van der Waals surface area contributed by atoms with Crippen LogP contribution in [0.15, 0.2) is 59.8 Å². The molecule has 1 atom stereocenters. The monoisotopic (exact) mass is 408 g/mol. The van der Waals surface area contributed by atoms with Crippen LogP contribution in [0.4, 0.5) is 5.69 Å². The van der Waals surface area contributed by atoms with E-state index in [9.17, 15) is 4.79 Å². The molecule has 1 aliphatic carbocycles. The molecule has 1 heterocycles. The van der Waals surface area contributed by atoms with Crippen LogP contribution in [0, 0.1) is 0 Å². The molecule has 1 amide bonds. The molecule has 0 aliphatic heterocycles. The number of benzene rings is 2. The van der Waals surface area contributed by atoms with Crippen molar-refractivity contribution in [2.24, 2.45) is 0 Å². The maximum absolute atomic E-state index is 12.8. The van der Waals surface area contributed by atoms with Gasteiger partial charge in [-0.05, 0) is 37.5 Å². The second-order valence-electron chi connectivity index (χ2n) is 7.14. The molecule has 1 fully saturated rings. The van der Waals surface area contributed by atoms with Crippen molar-refractivity contribution in [1.82, 2.24) is 14.8 Å². The molecule has 0 spiro atoms. The van der Waals surface area contributed by atoms with Crippen LogP contribution in [-0.2, 0) is 11.3 Å². The highest BCUT2D eigenvalue weighted by Crippen LogP contribution is 2.40. The normalized spacial score (nSPS) is 14.4. The van der Waals surface area contributed by atoms with Crippen molar-refractivity contribution in [2.45, 2.75) is 42.6 Å². The van der Waals surface area contributed by atoms with Gasteiger partial charge in [0, 0.05) is 5.92 Å². The Balaban J connectivity index is 1.50. The molecule has 0 saturated heterocycles. The fraction of sp³-hybridized carbons (Fsp3) is 0.318. The van der Waals surface area contributed by atoms with Gasteiger partial charge in [0.1, 0.15) is 11.6 Å². The lowest BCUT2D eigenvalue weighted by molar-refractivity contribution is -0.115. The number of carbonyl (C=O) groups excluding carboxylic acids is 1. The van der Waals surface area contributed by atoms with Crippen molar-refractivity contribution >= 4 is 23.4 Å². The number of carbonyl (C=O) groups is 1. The zero-order valence-corrected chi connectivity index (χ0v) is 17.4. The molecule has 1 saturated carbocycles. The first-order chi connectivity index (χ1) is 14.2. The SMILES string of the molecule is COc1ccccc1NC(=O)C(C)Sc1nnc(C2CC2)n1Cc1ccccc1. The van der Waals surface area contributed by atoms with Crippen LogP contribution in [0.5, 0.6) is 5.75 Å². The summed E-state index contributed by atoms with van der Waals surface area (Å²) in [6, 6.07) is 17.7. The predicted molar refractivity (Wildman–Crippen MR) is 114 cm³/mol. The van der Waals surface area contributed by atoms with Gasteiger partial charge in [0.2, 0.25) is 5.91 Å². The van der Waals surface area contributed by atoms with Gasteiger partial charge in [-0.2, -0.15) is 0 Å². The van der Waals surface area contributed by atoms with Gasteiger partial charge in [-0.25, -0.2) is 0 Å². The van der Waals surface area contributed by atoms with Crippen molar-refractivity contribution in [2.75, 3.05) is 12.4 Å². The Bertz CT molecular complexity index is 985. The molecule has 0 radical (unpaired) electrons. The summed E-state index contributed by atoms with van der Waals surface area (Å²) in [7, 11) is 1.59. The smallest absolute Gasteiger partial charge is 0.237 e. The van der Waals surface area contributed by atoms with E-state index in [0.717, 1.165) is 23.8 Å². The number of hydrogen-bond acceptors (Lipinski definition) is 5. The lowest BCUT2D eigenvalue weighted by Crippen LogP contribution is -2.23. The van der Waals surface area contributed by atoms with Crippen molar-refractivity contribution in [3.8, 4) is 5.75 Å². The minimum atomic E-state index is -0.328. The van der Waals surface area contributed by atoms with Crippen LogP contribution < -0.4 is 10.1 Å². The van der Waals surface area contributed by atoms with Crippen LogP contribution in [0.25, 0.3) is 0 Å². The van der Waals surface area contributed by atoms with Gasteiger partial charge in [-0.1, -0.05) is 54.2 Å². The first-order valence-corrected chi connectivity index (χ1v) is 10.6. The second kappa shape index (κ2) is 8.69. The summed E-state index contributed by atoms with van der Waals surface area (Å²) < 4.78 is 7.48. The van der Waals surface area contributed by atoms with Gasteiger partial charge in [0.05, 0.1) is 24.6 Å². The van der Waals surface area contributed by atoms with Crippen molar-refractivity contribution in [3.05, 3.63) is 66.0 Å². The van der Waals surface area contributed by atoms with E-state index >= 15 is 0 Å². The van der Waals surface area contributed by atoms with E-state index in [1.165, 1.54) is 17.3 Å². The Morgan fingerprint density at radius 2 is 1.90 bits per heavy atom. The molecule has 1 aliphatic rings. The van der Waals surface area contributed by atoms with Crippen LogP contribution >= 0.6 is 11.8 Å². The van der Waals surface area contributed by atoms with Gasteiger partial charge in [-0.3, -0.25) is 4.79 Å². The average Bonchev–Trinajstić information content (AvgIpc) is 3.52. The maximum atomic E-state index is 12.8. The van der Waals surface area contributed by atoms with Crippen LogP contribution in [0.2, 0.25) is 0 Å². The van der Waals surface area contributed by atoms with Crippen molar-refractivity contribution in [1.29, 1.82) is 0 Å². The number of para-hydroxylation sites is 2. The number of methoxy groups -OCH3 is 1. The molecule has 0 bridgehead atoms. The molecular formula is C22H24N4O2S. The number of thioether (sulfide) groups is 1. The number of hydrogen-bond donors (Lipinski definition) is 1. The summed E-state index contributed by atoms with van der Waals surface area (Å²) in [5.41, 5.74) is 1.86. The summed E-state index contributed by atoms with van der Waals surface area (Å²) >= 11 is 1.43. The Labute approximate surface area is 174 Å². The fourth-order valence-electron chi connectivity index (χ4n) is 3.14. The Kier molecular flexibility index (Phi) is 5.85. The van der Waals surface area contributed by atoms with Crippen molar-refractivity contribution in [3.63, 3.8) is 0 Å². The van der Waals surface area contributed by atoms with E-state index < -0.39 is 0 Å². The van der Waals surface area contributed by atoms with E-state index in [-0.39, 0.29) is 11.2 Å². The summed E-state index contributed by atoms with van der Waals surface area (Å²) in [5, 5.41) is 12.2. The van der Waals surface area contributed by atoms with Gasteiger partial charge < -0.3 is 14.6 Å². The number of amides is 1. The third kappa shape index (κ3) is 4.62. The minimum absolute atomic E-state index is 0.0956. The average molecular weight is 409 g/mol. The topological polar surface area (TPSA) is 69.0 Å². The molecule has 7 heteroatoms. The zero-order valence-electron chi connectivity index (χ0n) is 16.5. The summed E-state index contributed by atoms with van der Waals surface area (Å²) in [6.45, 7) is 2.59. The lowest BCUT2D eigenvalue weighted by Gasteiger charge is -2.15. The summed E-state index contributed by atoms with van der Waals surface area (Å²) in [6.07, 6.45) is 2.31. The largest absolute Gasteiger partial charge is 0.495 e. The van der Waals surface area contributed by atoms with Crippen LogP contribution in [0.1, 0.15) is 37.1 Å². The van der Waals surface area contributed by atoms with Gasteiger partial charge in [0.25, 0.3) is 0 Å². The first-order valence-electron chi connectivity index (χ1n) is 9.73. The number of nitrogens with zero attached hydrogens (tertiary/aromatic N) is 3. The number of aromatic nitrogens is 3. The quantitative estimate of drug-likeness (QED) is 0.562. The highest BCUT2D eigenvalue weighted by atomic mass is 32.2.